The van der Waals surface area contributed by atoms with Crippen molar-refractivity contribution in [1.82, 2.24) is 9.71 Å². The van der Waals surface area contributed by atoms with Gasteiger partial charge in [0.1, 0.15) is 11.6 Å². The molecular weight excluding hydrogens is 537 g/mol. The minimum Gasteiger partial charge on any atom is -0.494 e. The average molecular weight is 562 g/mol. The lowest BCUT2D eigenvalue weighted by Crippen LogP contribution is -2.35. The van der Waals surface area contributed by atoms with Crippen molar-refractivity contribution in [3.63, 3.8) is 0 Å². The van der Waals surface area contributed by atoms with Gasteiger partial charge in [0.05, 0.1) is 24.0 Å². The summed E-state index contributed by atoms with van der Waals surface area (Å²) < 4.78 is 34.0. The number of unbranched alkanes of at least 4 members (excludes halogenated alkanes) is 1. The van der Waals surface area contributed by atoms with Gasteiger partial charge in [-0.05, 0) is 55.3 Å². The number of carboxylic acid groups (broad SMARTS) is 1. The van der Waals surface area contributed by atoms with Crippen LogP contribution in [0.25, 0.3) is 0 Å². The van der Waals surface area contributed by atoms with Crippen molar-refractivity contribution in [2.45, 2.75) is 30.2 Å². The number of rotatable bonds is 12. The SMILES string of the molecule is O=C(O)C[C@H](C#Cc1cc(Cl)cc(Cl)c1)NS(=O)(=O)c1cccc(OCCCCNc2ccccn2)c1. The minimum absolute atomic E-state index is 0.0650. The number of nitrogens with zero attached hydrogens (tertiary/aromatic N) is 1. The molecule has 0 spiro atoms. The molecule has 0 aliphatic carbocycles. The summed E-state index contributed by atoms with van der Waals surface area (Å²) in [5.41, 5.74) is 0.428. The third-order valence-electron chi connectivity index (χ3n) is 4.86. The number of sulfonamides is 1. The molecule has 0 amide bonds. The number of anilines is 1. The van der Waals surface area contributed by atoms with Crippen molar-refractivity contribution >= 4 is 45.0 Å². The quantitative estimate of drug-likeness (QED) is 0.214. The van der Waals surface area contributed by atoms with Crippen LogP contribution < -0.4 is 14.8 Å². The normalized spacial score (nSPS) is 11.7. The molecule has 1 heterocycles. The molecule has 194 valence electrons. The fourth-order valence-corrected chi connectivity index (χ4v) is 4.89. The van der Waals surface area contributed by atoms with Gasteiger partial charge in [-0.3, -0.25) is 4.79 Å². The molecule has 0 bridgehead atoms. The predicted molar refractivity (Wildman–Crippen MR) is 144 cm³/mol. The van der Waals surface area contributed by atoms with Crippen LogP contribution in [0.1, 0.15) is 24.8 Å². The molecule has 0 saturated carbocycles. The van der Waals surface area contributed by atoms with Gasteiger partial charge in [-0.1, -0.05) is 47.2 Å². The number of aliphatic carboxylic acids is 1. The minimum atomic E-state index is -4.08. The summed E-state index contributed by atoms with van der Waals surface area (Å²) in [5, 5.41) is 13.2. The molecule has 1 aromatic heterocycles. The van der Waals surface area contributed by atoms with Gasteiger partial charge in [0.25, 0.3) is 0 Å². The summed E-state index contributed by atoms with van der Waals surface area (Å²) >= 11 is 11.9. The highest BCUT2D eigenvalue weighted by Crippen LogP contribution is 2.20. The molecule has 3 rings (SSSR count). The van der Waals surface area contributed by atoms with Crippen LogP contribution in [0.15, 0.2) is 71.8 Å². The second-order valence-corrected chi connectivity index (χ2v) is 10.5. The van der Waals surface area contributed by atoms with Crippen molar-refractivity contribution in [3.8, 4) is 17.6 Å². The van der Waals surface area contributed by atoms with E-state index in [1.54, 1.807) is 30.5 Å². The Hall–Kier alpha value is -3.29. The number of benzene rings is 2. The standard InChI is InChI=1S/C26H25Cl2N3O5S/c27-20-14-19(15-21(28)16-20)9-10-22(17-26(32)33)31-37(34,35)24-7-5-6-23(18-24)36-13-4-3-12-30-25-8-1-2-11-29-25/h1-2,5-8,11,14-16,18,22,31H,3-4,12-13,17H2,(H,29,30)(H,32,33)/t22-/m0/s1. The Morgan fingerprint density at radius 2 is 1.84 bits per heavy atom. The summed E-state index contributed by atoms with van der Waals surface area (Å²) in [7, 11) is -4.08. The second kappa shape index (κ2) is 13.9. The Kier molecular flexibility index (Phi) is 10.6. The third kappa shape index (κ3) is 9.94. The van der Waals surface area contributed by atoms with Crippen molar-refractivity contribution in [1.29, 1.82) is 0 Å². The van der Waals surface area contributed by atoms with Crippen LogP contribution in [0.4, 0.5) is 5.82 Å². The van der Waals surface area contributed by atoms with Crippen molar-refractivity contribution in [2.75, 3.05) is 18.5 Å². The molecule has 8 nitrogen and oxygen atoms in total. The van der Waals surface area contributed by atoms with E-state index in [1.807, 2.05) is 18.2 Å². The van der Waals surface area contributed by atoms with E-state index >= 15 is 0 Å². The van der Waals surface area contributed by atoms with Gasteiger partial charge in [-0.2, -0.15) is 4.72 Å². The number of ether oxygens (including phenoxy) is 1. The molecule has 0 radical (unpaired) electrons. The molecule has 11 heteroatoms. The van der Waals surface area contributed by atoms with E-state index in [1.165, 1.54) is 18.2 Å². The van der Waals surface area contributed by atoms with Crippen LogP contribution in [-0.2, 0) is 14.8 Å². The Morgan fingerprint density at radius 1 is 1.05 bits per heavy atom. The zero-order chi connectivity index (χ0) is 26.7. The molecule has 37 heavy (non-hydrogen) atoms. The van der Waals surface area contributed by atoms with E-state index in [2.05, 4.69) is 26.9 Å². The lowest BCUT2D eigenvalue weighted by atomic mass is 10.2. The molecule has 3 N–H and O–H groups in total. The monoisotopic (exact) mass is 561 g/mol. The molecular formula is C26H25Cl2N3O5S. The Balaban J connectivity index is 1.59. The van der Waals surface area contributed by atoms with Gasteiger partial charge in [-0.25, -0.2) is 13.4 Å². The van der Waals surface area contributed by atoms with Crippen molar-refractivity contribution in [2.24, 2.45) is 0 Å². The van der Waals surface area contributed by atoms with Gasteiger partial charge >= 0.3 is 5.97 Å². The first-order valence-electron chi connectivity index (χ1n) is 11.3. The Morgan fingerprint density at radius 3 is 2.54 bits per heavy atom. The fourth-order valence-electron chi connectivity index (χ4n) is 3.18. The number of hydrogen-bond donors (Lipinski definition) is 3. The maximum Gasteiger partial charge on any atom is 0.305 e. The maximum absolute atomic E-state index is 13.0. The van der Waals surface area contributed by atoms with Gasteiger partial charge in [-0.15, -0.1) is 0 Å². The first-order valence-corrected chi connectivity index (χ1v) is 13.5. The number of hydrogen-bond acceptors (Lipinski definition) is 6. The van der Waals surface area contributed by atoms with Gasteiger partial charge in [0.2, 0.25) is 10.0 Å². The number of carboxylic acids is 1. The smallest absolute Gasteiger partial charge is 0.305 e. The maximum atomic E-state index is 13.0. The number of nitrogens with one attached hydrogen (secondary N) is 2. The van der Waals surface area contributed by atoms with E-state index < -0.39 is 28.5 Å². The van der Waals surface area contributed by atoms with Gasteiger partial charge in [0, 0.05) is 34.4 Å². The largest absolute Gasteiger partial charge is 0.494 e. The number of aromatic nitrogens is 1. The molecule has 0 aliphatic heterocycles. The lowest BCUT2D eigenvalue weighted by Gasteiger charge is -2.13. The van der Waals surface area contributed by atoms with Crippen LogP contribution in [0, 0.1) is 11.8 Å². The third-order valence-corrected chi connectivity index (χ3v) is 6.76. The van der Waals surface area contributed by atoms with Gasteiger partial charge < -0.3 is 15.2 Å². The fraction of sp³-hybridized carbons (Fsp3) is 0.231. The van der Waals surface area contributed by atoms with E-state index in [-0.39, 0.29) is 4.90 Å². The van der Waals surface area contributed by atoms with Crippen LogP contribution in [0.2, 0.25) is 10.0 Å². The van der Waals surface area contributed by atoms with Crippen molar-refractivity contribution in [3.05, 3.63) is 82.5 Å². The first kappa shape index (κ1) is 28.3. The summed E-state index contributed by atoms with van der Waals surface area (Å²) in [6, 6.07) is 15.1. The summed E-state index contributed by atoms with van der Waals surface area (Å²) in [5.74, 6) is 5.36. The topological polar surface area (TPSA) is 118 Å². The van der Waals surface area contributed by atoms with Crippen LogP contribution in [-0.4, -0.2) is 43.7 Å². The highest BCUT2D eigenvalue weighted by atomic mass is 35.5. The Bertz CT molecular complexity index is 1360. The van der Waals surface area contributed by atoms with E-state index in [0.29, 0.717) is 28.0 Å². The summed E-state index contributed by atoms with van der Waals surface area (Å²) in [6.45, 7) is 1.13. The number of halogens is 2. The molecule has 0 saturated heterocycles. The first-order chi connectivity index (χ1) is 17.7. The molecule has 0 unspecified atom stereocenters. The van der Waals surface area contributed by atoms with E-state index in [9.17, 15) is 18.3 Å². The summed E-state index contributed by atoms with van der Waals surface area (Å²) in [6.07, 6.45) is 2.76. The Labute approximate surface area is 226 Å². The molecule has 3 aromatic rings. The van der Waals surface area contributed by atoms with E-state index in [0.717, 1.165) is 25.2 Å². The van der Waals surface area contributed by atoms with E-state index in [4.69, 9.17) is 27.9 Å². The molecule has 1 atom stereocenters. The molecule has 2 aromatic carbocycles. The van der Waals surface area contributed by atoms with Gasteiger partial charge in [0.15, 0.2) is 0 Å². The summed E-state index contributed by atoms with van der Waals surface area (Å²) in [4.78, 5) is 15.4. The predicted octanol–water partition coefficient (Wildman–Crippen LogP) is 4.83. The van der Waals surface area contributed by atoms with Crippen LogP contribution >= 0.6 is 23.2 Å². The second-order valence-electron chi connectivity index (χ2n) is 7.87. The van der Waals surface area contributed by atoms with Crippen LogP contribution in [0.5, 0.6) is 5.75 Å². The van der Waals surface area contributed by atoms with Crippen molar-refractivity contribution < 1.29 is 23.1 Å². The number of pyridine rings is 1. The zero-order valence-corrected chi connectivity index (χ0v) is 22.0. The van der Waals surface area contributed by atoms with Crippen LogP contribution in [0.3, 0.4) is 0 Å². The average Bonchev–Trinajstić information content (AvgIpc) is 2.84. The number of carbonyl (C=O) groups is 1. The molecule has 0 fully saturated rings. The lowest BCUT2D eigenvalue weighted by molar-refractivity contribution is -0.137. The molecule has 0 aliphatic rings. The highest BCUT2D eigenvalue weighted by molar-refractivity contribution is 7.89. The highest BCUT2D eigenvalue weighted by Gasteiger charge is 2.21. The zero-order valence-electron chi connectivity index (χ0n) is 19.7.